The summed E-state index contributed by atoms with van der Waals surface area (Å²) in [6.07, 6.45) is 9.66. The van der Waals surface area contributed by atoms with E-state index < -0.39 is 12.1 Å². The van der Waals surface area contributed by atoms with E-state index in [2.05, 4.69) is 6.08 Å². The third-order valence-corrected chi connectivity index (χ3v) is 7.25. The SMILES string of the molecule is CCCC(CC[C@@H]1CC[C@@H]2[C@@H](/C=C/[C@@H](O)COc3ccccc3)[C@H](OC)C[C@@H]2OC1)C(=O)O. The van der Waals surface area contributed by atoms with Crippen molar-refractivity contribution in [3.8, 4) is 5.75 Å². The van der Waals surface area contributed by atoms with Gasteiger partial charge >= 0.3 is 5.97 Å². The molecule has 0 bridgehead atoms. The molecule has 1 aromatic rings. The Hall–Kier alpha value is -1.89. The maximum atomic E-state index is 11.5. The Morgan fingerprint density at radius 2 is 2.03 bits per heavy atom. The van der Waals surface area contributed by atoms with Gasteiger partial charge in [-0.3, -0.25) is 4.79 Å². The average molecular weight is 461 g/mol. The number of methoxy groups -OCH3 is 1. The summed E-state index contributed by atoms with van der Waals surface area (Å²) in [5, 5.41) is 19.8. The summed E-state index contributed by atoms with van der Waals surface area (Å²) >= 11 is 0. The first kappa shape index (κ1) is 25.7. The van der Waals surface area contributed by atoms with Gasteiger partial charge < -0.3 is 24.4 Å². The van der Waals surface area contributed by atoms with Crippen LogP contribution in [0, 0.1) is 23.7 Å². The summed E-state index contributed by atoms with van der Waals surface area (Å²) in [5.74, 6) is 0.774. The zero-order chi connectivity index (χ0) is 23.6. The van der Waals surface area contributed by atoms with Gasteiger partial charge in [0, 0.05) is 26.1 Å². The molecular weight excluding hydrogens is 420 g/mol. The van der Waals surface area contributed by atoms with Crippen LogP contribution >= 0.6 is 0 Å². The molecule has 1 aliphatic heterocycles. The molecule has 6 nitrogen and oxygen atoms in total. The fraction of sp³-hybridized carbons (Fsp3) is 0.667. The second-order valence-corrected chi connectivity index (χ2v) is 9.54. The number of para-hydroxylation sites is 1. The molecule has 33 heavy (non-hydrogen) atoms. The summed E-state index contributed by atoms with van der Waals surface area (Å²) in [7, 11) is 1.74. The summed E-state index contributed by atoms with van der Waals surface area (Å²) < 4.78 is 17.7. The van der Waals surface area contributed by atoms with E-state index in [9.17, 15) is 15.0 Å². The van der Waals surface area contributed by atoms with Gasteiger partial charge in [0.2, 0.25) is 0 Å². The minimum absolute atomic E-state index is 0.0796. The van der Waals surface area contributed by atoms with Gasteiger partial charge in [-0.15, -0.1) is 0 Å². The number of benzene rings is 1. The van der Waals surface area contributed by atoms with Crippen LogP contribution in [-0.2, 0) is 14.3 Å². The number of carbonyl (C=O) groups is 1. The van der Waals surface area contributed by atoms with E-state index in [1.807, 2.05) is 43.3 Å². The summed E-state index contributed by atoms with van der Waals surface area (Å²) in [5.41, 5.74) is 0. The number of carboxylic acids is 1. The minimum atomic E-state index is -0.687. The standard InChI is InChI=1S/C27H40O6/c1-3-7-20(27(29)30)12-10-19-11-14-24-23(25(31-2)16-26(24)33-17-19)15-13-21(28)18-32-22-8-5-4-6-9-22/h4-6,8-9,13,15,19-21,23-26,28H,3,7,10-12,14,16-18H2,1-2H3,(H,29,30)/b15-13+/t19-,20?,21-,23-,24-,25-,26+/m1/s1. The van der Waals surface area contributed by atoms with Gasteiger partial charge in [-0.05, 0) is 56.1 Å². The van der Waals surface area contributed by atoms with Crippen molar-refractivity contribution in [1.82, 2.24) is 0 Å². The first-order valence-electron chi connectivity index (χ1n) is 12.4. The highest BCUT2D eigenvalue weighted by Crippen LogP contribution is 2.43. The molecule has 1 aliphatic carbocycles. The maximum absolute atomic E-state index is 11.5. The number of fused-ring (bicyclic) bond motifs is 1. The second-order valence-electron chi connectivity index (χ2n) is 9.54. The van der Waals surface area contributed by atoms with Crippen molar-refractivity contribution < 1.29 is 29.2 Å². The Kier molecular flexibility index (Phi) is 10.2. The fourth-order valence-corrected chi connectivity index (χ4v) is 5.36. The van der Waals surface area contributed by atoms with Gasteiger partial charge in [-0.1, -0.05) is 43.7 Å². The zero-order valence-corrected chi connectivity index (χ0v) is 20.0. The van der Waals surface area contributed by atoms with Crippen molar-refractivity contribution in [1.29, 1.82) is 0 Å². The normalized spacial score (nSPS) is 29.4. The van der Waals surface area contributed by atoms with Crippen molar-refractivity contribution in [2.45, 2.75) is 70.2 Å². The molecular formula is C27H40O6. The largest absolute Gasteiger partial charge is 0.491 e. The topological polar surface area (TPSA) is 85.2 Å². The van der Waals surface area contributed by atoms with Gasteiger partial charge in [-0.25, -0.2) is 0 Å². The van der Waals surface area contributed by atoms with Crippen molar-refractivity contribution in [2.75, 3.05) is 20.3 Å². The predicted molar refractivity (Wildman–Crippen MR) is 127 cm³/mol. The van der Waals surface area contributed by atoms with Gasteiger partial charge in [0.15, 0.2) is 0 Å². The average Bonchev–Trinajstić information content (AvgIpc) is 3.04. The molecule has 1 unspecified atom stereocenters. The van der Waals surface area contributed by atoms with Crippen molar-refractivity contribution in [2.24, 2.45) is 23.7 Å². The van der Waals surface area contributed by atoms with E-state index >= 15 is 0 Å². The molecule has 2 N–H and O–H groups in total. The van der Waals surface area contributed by atoms with E-state index in [1.54, 1.807) is 7.11 Å². The number of ether oxygens (including phenoxy) is 3. The lowest BCUT2D eigenvalue weighted by molar-refractivity contribution is -0.142. The number of aliphatic carboxylic acids is 1. The Morgan fingerprint density at radius 3 is 2.73 bits per heavy atom. The molecule has 1 saturated heterocycles. The zero-order valence-electron chi connectivity index (χ0n) is 20.0. The van der Waals surface area contributed by atoms with Crippen LogP contribution in [0.2, 0.25) is 0 Å². The lowest BCUT2D eigenvalue weighted by atomic mass is 9.85. The highest BCUT2D eigenvalue weighted by Gasteiger charge is 2.44. The van der Waals surface area contributed by atoms with Crippen molar-refractivity contribution in [3.05, 3.63) is 42.5 Å². The maximum Gasteiger partial charge on any atom is 0.306 e. The molecule has 1 heterocycles. The fourth-order valence-electron chi connectivity index (χ4n) is 5.36. The smallest absolute Gasteiger partial charge is 0.306 e. The lowest BCUT2D eigenvalue weighted by Gasteiger charge is -2.22. The van der Waals surface area contributed by atoms with Crippen LogP contribution < -0.4 is 4.74 Å². The molecule has 0 radical (unpaired) electrons. The molecule has 1 aromatic carbocycles. The molecule has 2 aliphatic rings. The Balaban J connectivity index is 1.53. The number of aliphatic hydroxyl groups is 1. The van der Waals surface area contributed by atoms with E-state index in [0.29, 0.717) is 18.4 Å². The van der Waals surface area contributed by atoms with E-state index in [1.165, 1.54) is 0 Å². The molecule has 2 fully saturated rings. The number of aliphatic hydroxyl groups excluding tert-OH is 1. The molecule has 6 heteroatoms. The quantitative estimate of drug-likeness (QED) is 0.440. The Labute approximate surface area is 197 Å². The summed E-state index contributed by atoms with van der Waals surface area (Å²) in [6.45, 7) is 2.94. The van der Waals surface area contributed by atoms with Crippen molar-refractivity contribution in [3.63, 3.8) is 0 Å². The first-order valence-corrected chi connectivity index (χ1v) is 12.4. The first-order chi connectivity index (χ1) is 16.0. The van der Waals surface area contributed by atoms with Crippen molar-refractivity contribution >= 4 is 5.97 Å². The molecule has 1 saturated carbocycles. The number of carboxylic acid groups (broad SMARTS) is 1. The van der Waals surface area contributed by atoms with Crippen LogP contribution in [0.3, 0.4) is 0 Å². The van der Waals surface area contributed by atoms with E-state index in [-0.39, 0.29) is 30.7 Å². The molecule has 3 rings (SSSR count). The summed E-state index contributed by atoms with van der Waals surface area (Å²) in [6, 6.07) is 9.49. The van der Waals surface area contributed by atoms with Gasteiger partial charge in [0.05, 0.1) is 18.1 Å². The van der Waals surface area contributed by atoms with Crippen LogP contribution in [0.5, 0.6) is 5.75 Å². The summed E-state index contributed by atoms with van der Waals surface area (Å²) in [4.78, 5) is 11.5. The number of hydrogen-bond donors (Lipinski definition) is 2. The molecule has 184 valence electrons. The van der Waals surface area contributed by atoms with Crippen LogP contribution in [0.15, 0.2) is 42.5 Å². The van der Waals surface area contributed by atoms with Crippen LogP contribution in [0.25, 0.3) is 0 Å². The van der Waals surface area contributed by atoms with Crippen LogP contribution in [0.1, 0.15) is 51.9 Å². The van der Waals surface area contributed by atoms with Crippen LogP contribution in [-0.4, -0.2) is 54.8 Å². The predicted octanol–water partition coefficient (Wildman–Crippen LogP) is 4.71. The lowest BCUT2D eigenvalue weighted by Crippen LogP contribution is -2.23. The Bertz CT molecular complexity index is 735. The van der Waals surface area contributed by atoms with Gasteiger partial charge in [0.1, 0.15) is 18.5 Å². The van der Waals surface area contributed by atoms with Crippen LogP contribution in [0.4, 0.5) is 0 Å². The van der Waals surface area contributed by atoms with Gasteiger partial charge in [0.25, 0.3) is 0 Å². The highest BCUT2D eigenvalue weighted by atomic mass is 16.5. The van der Waals surface area contributed by atoms with Gasteiger partial charge in [-0.2, -0.15) is 0 Å². The number of hydrogen-bond acceptors (Lipinski definition) is 5. The van der Waals surface area contributed by atoms with E-state index in [4.69, 9.17) is 14.2 Å². The number of rotatable bonds is 12. The highest BCUT2D eigenvalue weighted by molar-refractivity contribution is 5.69. The second kappa shape index (κ2) is 13.1. The monoisotopic (exact) mass is 460 g/mol. The Morgan fingerprint density at radius 1 is 1.24 bits per heavy atom. The molecule has 0 aromatic heterocycles. The molecule has 0 spiro atoms. The molecule has 7 atom stereocenters. The third kappa shape index (κ3) is 7.56. The minimum Gasteiger partial charge on any atom is -0.491 e. The third-order valence-electron chi connectivity index (χ3n) is 7.25. The molecule has 0 amide bonds. The van der Waals surface area contributed by atoms with E-state index in [0.717, 1.165) is 50.7 Å².